The van der Waals surface area contributed by atoms with Crippen molar-refractivity contribution in [1.29, 1.82) is 0 Å². The average Bonchev–Trinajstić information content (AvgIpc) is 2.04. The highest BCUT2D eigenvalue weighted by molar-refractivity contribution is 4.66. The Kier molecular flexibility index (Phi) is 7.45. The molecule has 0 aliphatic rings. The summed E-state index contributed by atoms with van der Waals surface area (Å²) in [6, 6.07) is -0.0865. The predicted octanol–water partition coefficient (Wildman–Crippen LogP) is 0.901. The van der Waals surface area contributed by atoms with Crippen LogP contribution in [0.25, 0.3) is 0 Å². The highest BCUT2D eigenvalue weighted by Gasteiger charge is 2.11. The molecule has 2 atom stereocenters. The van der Waals surface area contributed by atoms with Crippen molar-refractivity contribution >= 4 is 0 Å². The molecule has 0 bridgehead atoms. The van der Waals surface area contributed by atoms with Gasteiger partial charge in [0.2, 0.25) is 0 Å². The van der Waals surface area contributed by atoms with Crippen LogP contribution in [0.4, 0.5) is 0 Å². The Morgan fingerprint density at radius 3 is 2.50 bits per heavy atom. The van der Waals surface area contributed by atoms with Gasteiger partial charge in [0.25, 0.3) is 0 Å². The molecular formula is C9H21NO2. The van der Waals surface area contributed by atoms with Crippen LogP contribution in [0.15, 0.2) is 0 Å². The first-order valence-corrected chi connectivity index (χ1v) is 4.70. The standard InChI is InChI=1S/C9H21NO2/c1-3-4-5-6-12-9(7-11)8(2)10/h8-9,11H,3-7,10H2,1-2H3. The molecule has 0 heterocycles. The fourth-order valence-corrected chi connectivity index (χ4v) is 0.958. The van der Waals surface area contributed by atoms with E-state index in [4.69, 9.17) is 15.6 Å². The van der Waals surface area contributed by atoms with Gasteiger partial charge in [-0.15, -0.1) is 0 Å². The van der Waals surface area contributed by atoms with Gasteiger partial charge in [-0.3, -0.25) is 0 Å². The van der Waals surface area contributed by atoms with E-state index >= 15 is 0 Å². The van der Waals surface area contributed by atoms with E-state index in [-0.39, 0.29) is 18.8 Å². The molecule has 0 aromatic rings. The van der Waals surface area contributed by atoms with Gasteiger partial charge in [-0.2, -0.15) is 0 Å². The van der Waals surface area contributed by atoms with E-state index in [1.165, 1.54) is 12.8 Å². The van der Waals surface area contributed by atoms with E-state index < -0.39 is 0 Å². The molecule has 12 heavy (non-hydrogen) atoms. The number of nitrogens with two attached hydrogens (primary N) is 1. The molecule has 74 valence electrons. The van der Waals surface area contributed by atoms with Crippen molar-refractivity contribution in [3.63, 3.8) is 0 Å². The number of aliphatic hydroxyl groups is 1. The summed E-state index contributed by atoms with van der Waals surface area (Å²) in [5.41, 5.74) is 5.58. The number of rotatable bonds is 7. The van der Waals surface area contributed by atoms with Crippen LogP contribution in [-0.2, 0) is 4.74 Å². The molecule has 3 nitrogen and oxygen atoms in total. The lowest BCUT2D eigenvalue weighted by atomic mass is 10.2. The van der Waals surface area contributed by atoms with E-state index in [1.807, 2.05) is 6.92 Å². The van der Waals surface area contributed by atoms with Gasteiger partial charge in [-0.05, 0) is 13.3 Å². The molecule has 0 fully saturated rings. The quantitative estimate of drug-likeness (QED) is 0.565. The van der Waals surface area contributed by atoms with Crippen LogP contribution in [0.2, 0.25) is 0 Å². The Morgan fingerprint density at radius 2 is 2.08 bits per heavy atom. The van der Waals surface area contributed by atoms with Gasteiger partial charge in [-0.1, -0.05) is 19.8 Å². The number of ether oxygens (including phenoxy) is 1. The van der Waals surface area contributed by atoms with Crippen LogP contribution >= 0.6 is 0 Å². The maximum Gasteiger partial charge on any atom is 0.0953 e. The number of unbranched alkanes of at least 4 members (excludes halogenated alkanes) is 2. The summed E-state index contributed by atoms with van der Waals surface area (Å²) in [4.78, 5) is 0. The second kappa shape index (κ2) is 7.53. The molecule has 0 aliphatic carbocycles. The minimum Gasteiger partial charge on any atom is -0.394 e. The van der Waals surface area contributed by atoms with Crippen LogP contribution in [0, 0.1) is 0 Å². The fraction of sp³-hybridized carbons (Fsp3) is 1.00. The zero-order valence-electron chi connectivity index (χ0n) is 8.12. The molecule has 0 saturated carbocycles. The summed E-state index contributed by atoms with van der Waals surface area (Å²) in [7, 11) is 0. The van der Waals surface area contributed by atoms with Gasteiger partial charge in [0, 0.05) is 12.6 Å². The van der Waals surface area contributed by atoms with E-state index in [2.05, 4.69) is 6.92 Å². The number of hydrogen-bond acceptors (Lipinski definition) is 3. The highest BCUT2D eigenvalue weighted by Crippen LogP contribution is 2.00. The van der Waals surface area contributed by atoms with E-state index in [9.17, 15) is 0 Å². The lowest BCUT2D eigenvalue weighted by molar-refractivity contribution is -0.000415. The van der Waals surface area contributed by atoms with Crippen LogP contribution in [0.1, 0.15) is 33.1 Å². The maximum atomic E-state index is 8.85. The first-order valence-electron chi connectivity index (χ1n) is 4.70. The van der Waals surface area contributed by atoms with Crippen LogP contribution in [0.3, 0.4) is 0 Å². The number of aliphatic hydroxyl groups excluding tert-OH is 1. The maximum absolute atomic E-state index is 8.85. The topological polar surface area (TPSA) is 55.5 Å². The molecule has 0 aromatic heterocycles. The summed E-state index contributed by atoms with van der Waals surface area (Å²) < 4.78 is 5.38. The molecule has 3 heteroatoms. The molecule has 0 aromatic carbocycles. The molecule has 0 aliphatic heterocycles. The van der Waals surface area contributed by atoms with Gasteiger partial charge in [-0.25, -0.2) is 0 Å². The lowest BCUT2D eigenvalue weighted by Gasteiger charge is -2.18. The van der Waals surface area contributed by atoms with E-state index in [0.29, 0.717) is 6.61 Å². The number of hydrogen-bond donors (Lipinski definition) is 2. The molecule has 0 radical (unpaired) electrons. The first-order chi connectivity index (χ1) is 5.72. The summed E-state index contributed by atoms with van der Waals surface area (Å²) in [5, 5.41) is 8.85. The minimum atomic E-state index is -0.193. The third-order valence-electron chi connectivity index (χ3n) is 1.85. The van der Waals surface area contributed by atoms with Crippen molar-refractivity contribution in [3.8, 4) is 0 Å². The normalized spacial score (nSPS) is 16.0. The molecule has 3 N–H and O–H groups in total. The summed E-state index contributed by atoms with van der Waals surface area (Å²) in [6.45, 7) is 4.72. The zero-order chi connectivity index (χ0) is 9.40. The monoisotopic (exact) mass is 175 g/mol. The predicted molar refractivity (Wildman–Crippen MR) is 50.0 cm³/mol. The van der Waals surface area contributed by atoms with Crippen molar-refractivity contribution < 1.29 is 9.84 Å². The van der Waals surface area contributed by atoms with Crippen LogP contribution in [-0.4, -0.2) is 30.5 Å². The van der Waals surface area contributed by atoms with Gasteiger partial charge >= 0.3 is 0 Å². The van der Waals surface area contributed by atoms with Crippen molar-refractivity contribution in [1.82, 2.24) is 0 Å². The average molecular weight is 175 g/mol. The minimum absolute atomic E-state index is 0.0177. The Bertz CT molecular complexity index is 96.5. The van der Waals surface area contributed by atoms with Crippen molar-refractivity contribution in [2.75, 3.05) is 13.2 Å². The zero-order valence-corrected chi connectivity index (χ0v) is 8.12. The second-order valence-electron chi connectivity index (χ2n) is 3.16. The molecule has 0 spiro atoms. The lowest BCUT2D eigenvalue weighted by Crippen LogP contribution is -2.37. The van der Waals surface area contributed by atoms with Crippen molar-refractivity contribution in [3.05, 3.63) is 0 Å². The SMILES string of the molecule is CCCCCOC(CO)C(C)N. The molecule has 2 unspecified atom stereocenters. The van der Waals surface area contributed by atoms with Gasteiger partial charge < -0.3 is 15.6 Å². The van der Waals surface area contributed by atoms with Crippen molar-refractivity contribution in [2.45, 2.75) is 45.3 Å². The summed E-state index contributed by atoms with van der Waals surface area (Å²) in [6.07, 6.45) is 3.23. The Hall–Kier alpha value is -0.120. The van der Waals surface area contributed by atoms with Crippen LogP contribution in [0.5, 0.6) is 0 Å². The smallest absolute Gasteiger partial charge is 0.0953 e. The van der Waals surface area contributed by atoms with Gasteiger partial charge in [0.15, 0.2) is 0 Å². The second-order valence-corrected chi connectivity index (χ2v) is 3.16. The first kappa shape index (κ1) is 11.9. The molecule has 0 rings (SSSR count). The Labute approximate surface area is 74.9 Å². The largest absolute Gasteiger partial charge is 0.394 e. The third kappa shape index (κ3) is 5.52. The van der Waals surface area contributed by atoms with E-state index in [0.717, 1.165) is 6.42 Å². The highest BCUT2D eigenvalue weighted by atomic mass is 16.5. The Balaban J connectivity index is 3.32. The van der Waals surface area contributed by atoms with Gasteiger partial charge in [0.1, 0.15) is 0 Å². The van der Waals surface area contributed by atoms with Crippen LogP contribution < -0.4 is 5.73 Å². The summed E-state index contributed by atoms with van der Waals surface area (Å²) >= 11 is 0. The molecule has 0 saturated heterocycles. The third-order valence-corrected chi connectivity index (χ3v) is 1.85. The van der Waals surface area contributed by atoms with E-state index in [1.54, 1.807) is 0 Å². The molecular weight excluding hydrogens is 154 g/mol. The molecule has 0 amide bonds. The fourth-order valence-electron chi connectivity index (χ4n) is 0.958. The van der Waals surface area contributed by atoms with Crippen molar-refractivity contribution in [2.24, 2.45) is 5.73 Å². The Morgan fingerprint density at radius 1 is 1.42 bits per heavy atom. The summed E-state index contributed by atoms with van der Waals surface area (Å²) in [5.74, 6) is 0. The van der Waals surface area contributed by atoms with Gasteiger partial charge in [0.05, 0.1) is 12.7 Å².